The van der Waals surface area contributed by atoms with Crippen molar-refractivity contribution in [2.75, 3.05) is 56.2 Å². The molecule has 0 atom stereocenters. The summed E-state index contributed by atoms with van der Waals surface area (Å²) < 4.78 is 5.32. The highest BCUT2D eigenvalue weighted by atomic mass is 16.5. The minimum Gasteiger partial charge on any atom is -0.495 e. The molecule has 1 saturated heterocycles. The van der Waals surface area contributed by atoms with Gasteiger partial charge in [-0.05, 0) is 43.7 Å². The molecule has 1 heterocycles. The van der Waals surface area contributed by atoms with Crippen LogP contribution in [0.3, 0.4) is 0 Å². The molecular formula is C22H29N3O3. The van der Waals surface area contributed by atoms with E-state index in [0.29, 0.717) is 18.0 Å². The van der Waals surface area contributed by atoms with Crippen LogP contribution in [0, 0.1) is 6.92 Å². The molecule has 2 aromatic carbocycles. The van der Waals surface area contributed by atoms with Gasteiger partial charge in [0.1, 0.15) is 5.75 Å². The number of methoxy groups -OCH3 is 1. The van der Waals surface area contributed by atoms with Crippen LogP contribution in [0.1, 0.15) is 12.0 Å². The summed E-state index contributed by atoms with van der Waals surface area (Å²) in [5.74, 6) is 0.580. The van der Waals surface area contributed by atoms with E-state index in [1.807, 2.05) is 12.1 Å². The number of hydrogen-bond acceptors (Lipinski definition) is 4. The number of hydrogen-bond donors (Lipinski definition) is 1. The fourth-order valence-electron chi connectivity index (χ4n) is 3.75. The Labute approximate surface area is 166 Å². The lowest BCUT2D eigenvalue weighted by atomic mass is 10.1. The lowest BCUT2D eigenvalue weighted by molar-refractivity contribution is 0.200. The molecule has 150 valence electrons. The van der Waals surface area contributed by atoms with Crippen LogP contribution in [0.5, 0.6) is 5.75 Å². The van der Waals surface area contributed by atoms with Crippen LogP contribution in [0.4, 0.5) is 16.2 Å². The van der Waals surface area contributed by atoms with Gasteiger partial charge < -0.3 is 14.7 Å². The summed E-state index contributed by atoms with van der Waals surface area (Å²) >= 11 is 0. The molecule has 0 saturated carbocycles. The quantitative estimate of drug-likeness (QED) is 0.790. The number of nitrogens with zero attached hydrogens (tertiary/aromatic N) is 3. The SMILES string of the molecule is COc1ccccc1N(CCCN1CCN(c2ccccc2C)CC1)C(=O)O. The molecule has 28 heavy (non-hydrogen) atoms. The van der Waals surface area contributed by atoms with E-state index in [9.17, 15) is 9.90 Å². The fourth-order valence-corrected chi connectivity index (χ4v) is 3.75. The number of piperazine rings is 1. The number of amides is 1. The van der Waals surface area contributed by atoms with Crippen LogP contribution in [-0.2, 0) is 0 Å². The Morgan fingerprint density at radius 1 is 1.07 bits per heavy atom. The van der Waals surface area contributed by atoms with Crippen LogP contribution in [0.25, 0.3) is 0 Å². The van der Waals surface area contributed by atoms with Crippen molar-refractivity contribution >= 4 is 17.5 Å². The monoisotopic (exact) mass is 383 g/mol. The molecule has 0 aromatic heterocycles. The predicted octanol–water partition coefficient (Wildman–Crippen LogP) is 3.70. The summed E-state index contributed by atoms with van der Waals surface area (Å²) in [4.78, 5) is 18.0. The first-order chi connectivity index (χ1) is 13.6. The summed E-state index contributed by atoms with van der Waals surface area (Å²) in [7, 11) is 1.56. The second kappa shape index (κ2) is 9.46. The highest BCUT2D eigenvalue weighted by molar-refractivity contribution is 5.88. The largest absolute Gasteiger partial charge is 0.495 e. The molecule has 2 aromatic rings. The van der Waals surface area contributed by atoms with E-state index in [4.69, 9.17) is 4.74 Å². The van der Waals surface area contributed by atoms with Crippen molar-refractivity contribution in [3.63, 3.8) is 0 Å². The molecule has 0 bridgehead atoms. The van der Waals surface area contributed by atoms with Gasteiger partial charge in [-0.15, -0.1) is 0 Å². The summed E-state index contributed by atoms with van der Waals surface area (Å²) in [6.07, 6.45) is -0.164. The van der Waals surface area contributed by atoms with Gasteiger partial charge >= 0.3 is 6.09 Å². The molecule has 6 nitrogen and oxygen atoms in total. The van der Waals surface area contributed by atoms with Crippen LogP contribution in [0.15, 0.2) is 48.5 Å². The molecule has 1 fully saturated rings. The van der Waals surface area contributed by atoms with E-state index in [2.05, 4.69) is 41.0 Å². The average Bonchev–Trinajstić information content (AvgIpc) is 2.72. The second-order valence-corrected chi connectivity index (χ2v) is 7.07. The normalized spacial score (nSPS) is 14.7. The van der Waals surface area contributed by atoms with Gasteiger partial charge in [-0.2, -0.15) is 0 Å². The van der Waals surface area contributed by atoms with Crippen LogP contribution < -0.4 is 14.5 Å². The van der Waals surface area contributed by atoms with Crippen molar-refractivity contribution < 1.29 is 14.6 Å². The molecular weight excluding hydrogens is 354 g/mol. The molecule has 1 aliphatic heterocycles. The molecule has 0 aliphatic carbocycles. The summed E-state index contributed by atoms with van der Waals surface area (Å²) in [6.45, 7) is 7.49. The Bertz CT molecular complexity index is 788. The third-order valence-corrected chi connectivity index (χ3v) is 5.29. The zero-order valence-electron chi connectivity index (χ0n) is 16.7. The number of para-hydroxylation sites is 3. The van der Waals surface area contributed by atoms with Crippen molar-refractivity contribution in [2.45, 2.75) is 13.3 Å². The Morgan fingerprint density at radius 2 is 1.75 bits per heavy atom. The van der Waals surface area contributed by atoms with Gasteiger partial charge in [0.15, 0.2) is 0 Å². The van der Waals surface area contributed by atoms with Gasteiger partial charge in [-0.3, -0.25) is 9.80 Å². The standard InChI is InChI=1S/C22H29N3O3/c1-18-8-3-4-9-19(18)24-16-14-23(15-17-24)12-7-13-25(22(26)27)20-10-5-6-11-21(20)28-2/h3-6,8-11H,7,12-17H2,1-2H3,(H,26,27). The zero-order chi connectivity index (χ0) is 19.9. The second-order valence-electron chi connectivity index (χ2n) is 7.07. The van der Waals surface area contributed by atoms with Crippen molar-refractivity contribution in [1.29, 1.82) is 0 Å². The minimum absolute atomic E-state index is 0.452. The maximum Gasteiger partial charge on any atom is 0.411 e. The van der Waals surface area contributed by atoms with E-state index in [1.165, 1.54) is 16.2 Å². The number of rotatable bonds is 7. The summed E-state index contributed by atoms with van der Waals surface area (Å²) in [5, 5.41) is 9.62. The third-order valence-electron chi connectivity index (χ3n) is 5.29. The van der Waals surface area contributed by atoms with Crippen molar-refractivity contribution in [3.8, 4) is 5.75 Å². The Morgan fingerprint density at radius 3 is 2.43 bits per heavy atom. The van der Waals surface area contributed by atoms with E-state index in [1.54, 1.807) is 19.2 Å². The molecule has 6 heteroatoms. The zero-order valence-corrected chi connectivity index (χ0v) is 16.7. The number of carboxylic acid groups (broad SMARTS) is 1. The summed E-state index contributed by atoms with van der Waals surface area (Å²) in [6, 6.07) is 15.7. The predicted molar refractivity (Wildman–Crippen MR) is 113 cm³/mol. The number of benzene rings is 2. The van der Waals surface area contributed by atoms with E-state index in [0.717, 1.165) is 39.1 Å². The van der Waals surface area contributed by atoms with Crippen molar-refractivity contribution in [3.05, 3.63) is 54.1 Å². The number of anilines is 2. The molecule has 1 N–H and O–H groups in total. The Kier molecular flexibility index (Phi) is 6.76. The maximum atomic E-state index is 11.7. The first kappa shape index (κ1) is 20.0. The van der Waals surface area contributed by atoms with Gasteiger partial charge in [0.2, 0.25) is 0 Å². The van der Waals surface area contributed by atoms with Crippen LogP contribution >= 0.6 is 0 Å². The molecule has 1 aliphatic rings. The maximum absolute atomic E-state index is 11.7. The van der Waals surface area contributed by atoms with Gasteiger partial charge in [0, 0.05) is 38.4 Å². The lowest BCUT2D eigenvalue weighted by Gasteiger charge is -2.37. The van der Waals surface area contributed by atoms with Crippen molar-refractivity contribution in [2.24, 2.45) is 0 Å². The molecule has 0 radical (unpaired) electrons. The highest BCUT2D eigenvalue weighted by Gasteiger charge is 2.20. The first-order valence-corrected chi connectivity index (χ1v) is 9.76. The van der Waals surface area contributed by atoms with Gasteiger partial charge in [0.25, 0.3) is 0 Å². The minimum atomic E-state index is -0.950. The topological polar surface area (TPSA) is 56.2 Å². The number of ether oxygens (including phenoxy) is 1. The van der Waals surface area contributed by atoms with Crippen LogP contribution in [-0.4, -0.2) is 62.5 Å². The fraction of sp³-hybridized carbons (Fsp3) is 0.409. The smallest absolute Gasteiger partial charge is 0.411 e. The molecule has 0 unspecified atom stereocenters. The average molecular weight is 383 g/mol. The first-order valence-electron chi connectivity index (χ1n) is 9.76. The van der Waals surface area contributed by atoms with E-state index in [-0.39, 0.29) is 0 Å². The Hall–Kier alpha value is -2.73. The van der Waals surface area contributed by atoms with E-state index >= 15 is 0 Å². The van der Waals surface area contributed by atoms with E-state index < -0.39 is 6.09 Å². The third kappa shape index (κ3) is 4.75. The van der Waals surface area contributed by atoms with Gasteiger partial charge in [-0.1, -0.05) is 30.3 Å². The summed E-state index contributed by atoms with van der Waals surface area (Å²) in [5.41, 5.74) is 3.22. The molecule has 3 rings (SSSR count). The molecule has 1 amide bonds. The highest BCUT2D eigenvalue weighted by Crippen LogP contribution is 2.28. The Balaban J connectivity index is 1.51. The number of aryl methyl sites for hydroxylation is 1. The number of carbonyl (C=O) groups is 1. The lowest BCUT2D eigenvalue weighted by Crippen LogP contribution is -2.47. The van der Waals surface area contributed by atoms with Crippen LogP contribution in [0.2, 0.25) is 0 Å². The van der Waals surface area contributed by atoms with Gasteiger partial charge in [0.05, 0.1) is 12.8 Å². The van der Waals surface area contributed by atoms with Crippen molar-refractivity contribution in [1.82, 2.24) is 4.90 Å². The molecule has 0 spiro atoms. The van der Waals surface area contributed by atoms with Gasteiger partial charge in [-0.25, -0.2) is 4.79 Å².